The van der Waals surface area contributed by atoms with Crippen molar-refractivity contribution in [1.29, 1.82) is 0 Å². The Labute approximate surface area is 155 Å². The monoisotopic (exact) mass is 349 g/mol. The summed E-state index contributed by atoms with van der Waals surface area (Å²) in [4.78, 5) is 4.55. The minimum atomic E-state index is 0.560. The Balaban J connectivity index is 1.69. The van der Waals surface area contributed by atoms with Gasteiger partial charge in [0.15, 0.2) is 0 Å². The van der Waals surface area contributed by atoms with Crippen molar-refractivity contribution < 1.29 is 4.52 Å². The van der Waals surface area contributed by atoms with Crippen molar-refractivity contribution in [1.82, 2.24) is 15.5 Å². The lowest BCUT2D eigenvalue weighted by Gasteiger charge is -2.04. The van der Waals surface area contributed by atoms with Gasteiger partial charge in [-0.1, -0.05) is 62.3 Å². The smallest absolute Gasteiger partial charge is 0.258 e. The summed E-state index contributed by atoms with van der Waals surface area (Å²) in [6.45, 7) is 8.54. The molecule has 0 amide bonds. The predicted molar refractivity (Wildman–Crippen MR) is 106 cm³/mol. The Morgan fingerprint density at radius 1 is 0.923 bits per heavy atom. The molecule has 0 saturated heterocycles. The van der Waals surface area contributed by atoms with Gasteiger partial charge in [0.05, 0.1) is 0 Å². The lowest BCUT2D eigenvalue weighted by Crippen LogP contribution is -2.13. The number of benzene rings is 2. The highest BCUT2D eigenvalue weighted by molar-refractivity contribution is 5.60. The van der Waals surface area contributed by atoms with Crippen LogP contribution in [-0.2, 0) is 13.0 Å². The largest absolute Gasteiger partial charge is 0.334 e. The van der Waals surface area contributed by atoms with Gasteiger partial charge in [0.1, 0.15) is 0 Å². The van der Waals surface area contributed by atoms with Gasteiger partial charge in [-0.05, 0) is 48.6 Å². The van der Waals surface area contributed by atoms with Gasteiger partial charge in [-0.2, -0.15) is 4.98 Å². The standard InChI is InChI=1S/C22H27N3O/c1-4-13-23-15-18-7-9-19(10-8-18)21-24-22(26-25-21)20-11-5-17(6-12-20)14-16(2)3/h5-12,16,23H,4,13-15H2,1-3H3. The lowest BCUT2D eigenvalue weighted by atomic mass is 10.0. The molecule has 3 aromatic rings. The van der Waals surface area contributed by atoms with Crippen LogP contribution in [0.25, 0.3) is 22.8 Å². The van der Waals surface area contributed by atoms with E-state index >= 15 is 0 Å². The quantitative estimate of drug-likeness (QED) is 0.575. The van der Waals surface area contributed by atoms with E-state index in [4.69, 9.17) is 4.52 Å². The maximum Gasteiger partial charge on any atom is 0.258 e. The highest BCUT2D eigenvalue weighted by Crippen LogP contribution is 2.23. The van der Waals surface area contributed by atoms with Crippen LogP contribution in [0.5, 0.6) is 0 Å². The molecule has 26 heavy (non-hydrogen) atoms. The molecule has 1 heterocycles. The molecule has 0 spiro atoms. The summed E-state index contributed by atoms with van der Waals surface area (Å²) in [5, 5.41) is 7.54. The van der Waals surface area contributed by atoms with Crippen LogP contribution in [0.4, 0.5) is 0 Å². The molecule has 0 aliphatic rings. The van der Waals surface area contributed by atoms with Gasteiger partial charge in [-0.15, -0.1) is 0 Å². The van der Waals surface area contributed by atoms with Crippen molar-refractivity contribution >= 4 is 0 Å². The molecule has 1 N–H and O–H groups in total. The fourth-order valence-corrected chi connectivity index (χ4v) is 2.89. The van der Waals surface area contributed by atoms with Gasteiger partial charge >= 0.3 is 0 Å². The van der Waals surface area contributed by atoms with E-state index in [0.717, 1.165) is 37.1 Å². The highest BCUT2D eigenvalue weighted by Gasteiger charge is 2.11. The summed E-state index contributed by atoms with van der Waals surface area (Å²) >= 11 is 0. The van der Waals surface area contributed by atoms with Gasteiger partial charge in [-0.3, -0.25) is 0 Å². The van der Waals surface area contributed by atoms with Crippen molar-refractivity contribution in [3.05, 3.63) is 59.7 Å². The molecule has 0 unspecified atom stereocenters. The normalized spacial score (nSPS) is 11.2. The Kier molecular flexibility index (Phi) is 6.18. The molecule has 0 bridgehead atoms. The fourth-order valence-electron chi connectivity index (χ4n) is 2.89. The van der Waals surface area contributed by atoms with Crippen LogP contribution in [0.2, 0.25) is 0 Å². The molecule has 4 nitrogen and oxygen atoms in total. The summed E-state index contributed by atoms with van der Waals surface area (Å²) < 4.78 is 5.46. The maximum absolute atomic E-state index is 5.46. The van der Waals surface area contributed by atoms with E-state index in [1.54, 1.807) is 0 Å². The Hall–Kier alpha value is -2.46. The number of nitrogens with zero attached hydrogens (tertiary/aromatic N) is 2. The number of hydrogen-bond donors (Lipinski definition) is 1. The van der Waals surface area contributed by atoms with Crippen molar-refractivity contribution in [2.75, 3.05) is 6.54 Å². The van der Waals surface area contributed by atoms with Crippen LogP contribution in [0.1, 0.15) is 38.3 Å². The number of hydrogen-bond acceptors (Lipinski definition) is 4. The third-order valence-corrected chi connectivity index (χ3v) is 4.24. The van der Waals surface area contributed by atoms with Gasteiger partial charge < -0.3 is 9.84 Å². The molecular weight excluding hydrogens is 322 g/mol. The van der Waals surface area contributed by atoms with E-state index < -0.39 is 0 Å². The third kappa shape index (κ3) is 4.79. The molecule has 3 rings (SSSR count). The molecule has 0 aliphatic heterocycles. The van der Waals surface area contributed by atoms with E-state index in [9.17, 15) is 0 Å². The zero-order valence-corrected chi connectivity index (χ0v) is 15.8. The van der Waals surface area contributed by atoms with E-state index in [-0.39, 0.29) is 0 Å². The fraction of sp³-hybridized carbons (Fsp3) is 0.364. The predicted octanol–water partition coefficient (Wildman–Crippen LogP) is 5.10. The van der Waals surface area contributed by atoms with Crippen LogP contribution >= 0.6 is 0 Å². The second-order valence-corrected chi connectivity index (χ2v) is 7.09. The second kappa shape index (κ2) is 8.77. The van der Waals surface area contributed by atoms with E-state index in [0.29, 0.717) is 17.6 Å². The van der Waals surface area contributed by atoms with Crippen molar-refractivity contribution in [3.63, 3.8) is 0 Å². The molecule has 2 aromatic carbocycles. The van der Waals surface area contributed by atoms with Crippen LogP contribution in [0.3, 0.4) is 0 Å². The van der Waals surface area contributed by atoms with E-state index in [1.807, 2.05) is 12.1 Å². The van der Waals surface area contributed by atoms with Gasteiger partial charge in [-0.25, -0.2) is 0 Å². The second-order valence-electron chi connectivity index (χ2n) is 7.09. The van der Waals surface area contributed by atoms with Crippen molar-refractivity contribution in [2.24, 2.45) is 5.92 Å². The molecule has 0 saturated carbocycles. The number of nitrogens with one attached hydrogen (secondary N) is 1. The Morgan fingerprint density at radius 3 is 2.23 bits per heavy atom. The van der Waals surface area contributed by atoms with E-state index in [1.165, 1.54) is 11.1 Å². The van der Waals surface area contributed by atoms with Gasteiger partial charge in [0, 0.05) is 17.7 Å². The first-order valence-electron chi connectivity index (χ1n) is 9.38. The van der Waals surface area contributed by atoms with Gasteiger partial charge in [0.25, 0.3) is 5.89 Å². The first-order chi connectivity index (χ1) is 12.7. The summed E-state index contributed by atoms with van der Waals surface area (Å²) in [5.74, 6) is 1.83. The van der Waals surface area contributed by atoms with E-state index in [2.05, 4.69) is 72.6 Å². The van der Waals surface area contributed by atoms with Crippen LogP contribution in [-0.4, -0.2) is 16.7 Å². The molecule has 1 aromatic heterocycles. The zero-order chi connectivity index (χ0) is 18.4. The van der Waals surface area contributed by atoms with Gasteiger partial charge in [0.2, 0.25) is 5.82 Å². The summed E-state index contributed by atoms with van der Waals surface area (Å²) in [5.41, 5.74) is 4.51. The van der Waals surface area contributed by atoms with Crippen molar-refractivity contribution in [3.8, 4) is 22.8 Å². The first kappa shape index (κ1) is 18.3. The Bertz CT molecular complexity index is 804. The minimum Gasteiger partial charge on any atom is -0.334 e. The molecule has 0 aliphatic carbocycles. The topological polar surface area (TPSA) is 51.0 Å². The summed E-state index contributed by atoms with van der Waals surface area (Å²) in [6, 6.07) is 16.7. The number of aromatic nitrogens is 2. The molecule has 0 radical (unpaired) electrons. The average molecular weight is 349 g/mol. The van der Waals surface area contributed by atoms with Crippen LogP contribution in [0.15, 0.2) is 53.1 Å². The number of rotatable bonds is 8. The molecule has 136 valence electrons. The average Bonchev–Trinajstić information content (AvgIpc) is 3.13. The third-order valence-electron chi connectivity index (χ3n) is 4.24. The SMILES string of the molecule is CCCNCc1ccc(-c2noc(-c3ccc(CC(C)C)cc3)n2)cc1. The molecule has 0 fully saturated rings. The molecule has 0 atom stereocenters. The van der Waals surface area contributed by atoms with Crippen molar-refractivity contribution in [2.45, 2.75) is 40.2 Å². The molecule has 4 heteroatoms. The van der Waals surface area contributed by atoms with Crippen LogP contribution < -0.4 is 5.32 Å². The zero-order valence-electron chi connectivity index (χ0n) is 15.8. The summed E-state index contributed by atoms with van der Waals surface area (Å²) in [6.07, 6.45) is 2.22. The summed E-state index contributed by atoms with van der Waals surface area (Å²) in [7, 11) is 0. The minimum absolute atomic E-state index is 0.560. The maximum atomic E-state index is 5.46. The Morgan fingerprint density at radius 2 is 1.58 bits per heavy atom. The first-order valence-corrected chi connectivity index (χ1v) is 9.38. The van der Waals surface area contributed by atoms with Crippen LogP contribution in [0, 0.1) is 5.92 Å². The molecular formula is C22H27N3O. The highest BCUT2D eigenvalue weighted by atomic mass is 16.5. The lowest BCUT2D eigenvalue weighted by molar-refractivity contribution is 0.432.